The Hall–Kier alpha value is -0.410. The molecule has 3 nitrogen and oxygen atoms in total. The number of nitrogens with two attached hydrogens (primary N) is 1. The molecule has 0 aliphatic carbocycles. The summed E-state index contributed by atoms with van der Waals surface area (Å²) in [7, 11) is 1.87. The zero-order chi connectivity index (χ0) is 6.85. The second kappa shape index (κ2) is 5.27. The second-order valence-corrected chi connectivity index (χ2v) is 2.06. The summed E-state index contributed by atoms with van der Waals surface area (Å²) in [6, 6.07) is 0. The fourth-order valence-corrected chi connectivity index (χ4v) is 0.828. The third-order valence-electron chi connectivity index (χ3n) is 1.27. The first-order chi connectivity index (χ1) is 4.24. The third kappa shape index (κ3) is 2.99. The summed E-state index contributed by atoms with van der Waals surface area (Å²) in [5.74, 6) is 0. The number of anilines is 1. The normalized spacial score (nSPS) is 8.18. The third-order valence-corrected chi connectivity index (χ3v) is 1.27. The van der Waals surface area contributed by atoms with Gasteiger partial charge in [0.15, 0.2) is 0 Å². The smallest absolute Gasteiger partial charge is 0.0850 e. The van der Waals surface area contributed by atoms with Gasteiger partial charge in [0.25, 0.3) is 0 Å². The zero-order valence-electron chi connectivity index (χ0n) is 6.57. The highest BCUT2D eigenvalue weighted by molar-refractivity contribution is 5.85. The predicted octanol–water partition coefficient (Wildman–Crippen LogP) is 1.41. The van der Waals surface area contributed by atoms with Crippen molar-refractivity contribution in [2.24, 2.45) is 7.05 Å². The minimum absolute atomic E-state index is 0. The van der Waals surface area contributed by atoms with Crippen molar-refractivity contribution in [3.05, 3.63) is 11.9 Å². The molecular formula is C6H13Cl2N3. The Labute approximate surface area is 78.8 Å². The maximum atomic E-state index is 5.57. The monoisotopic (exact) mass is 197 g/mol. The van der Waals surface area contributed by atoms with Crippen LogP contribution in [0.3, 0.4) is 0 Å². The van der Waals surface area contributed by atoms with E-state index >= 15 is 0 Å². The Morgan fingerprint density at radius 2 is 2.09 bits per heavy atom. The Bertz CT molecular complexity index is 210. The highest BCUT2D eigenvalue weighted by atomic mass is 35.5. The number of hydrogen-bond donors (Lipinski definition) is 1. The fraction of sp³-hybridized carbons (Fsp3) is 0.500. The van der Waals surface area contributed by atoms with E-state index in [1.54, 1.807) is 4.68 Å². The molecular weight excluding hydrogens is 185 g/mol. The molecule has 1 aromatic rings. The van der Waals surface area contributed by atoms with Gasteiger partial charge in [0.05, 0.1) is 11.4 Å². The van der Waals surface area contributed by atoms with E-state index in [2.05, 4.69) is 5.10 Å². The van der Waals surface area contributed by atoms with E-state index in [9.17, 15) is 0 Å². The molecule has 2 N–H and O–H groups in total. The first kappa shape index (κ1) is 13.2. The number of aryl methyl sites for hydroxylation is 2. The lowest BCUT2D eigenvalue weighted by molar-refractivity contribution is 0.746. The lowest BCUT2D eigenvalue weighted by atomic mass is 10.3. The van der Waals surface area contributed by atoms with Gasteiger partial charge in [0, 0.05) is 13.2 Å². The van der Waals surface area contributed by atoms with Crippen molar-refractivity contribution in [2.75, 3.05) is 5.73 Å². The van der Waals surface area contributed by atoms with Crippen molar-refractivity contribution < 1.29 is 0 Å². The maximum absolute atomic E-state index is 5.57. The molecule has 0 aliphatic rings. The molecule has 0 bridgehead atoms. The van der Waals surface area contributed by atoms with Gasteiger partial charge >= 0.3 is 0 Å². The van der Waals surface area contributed by atoms with Crippen LogP contribution >= 0.6 is 24.8 Å². The number of halogens is 2. The Morgan fingerprint density at radius 1 is 1.55 bits per heavy atom. The predicted molar refractivity (Wildman–Crippen MR) is 51.5 cm³/mol. The lowest BCUT2D eigenvalue weighted by Crippen LogP contribution is -1.90. The molecule has 1 rings (SSSR count). The molecule has 0 atom stereocenters. The topological polar surface area (TPSA) is 43.8 Å². The molecule has 0 unspecified atom stereocenters. The van der Waals surface area contributed by atoms with Crippen molar-refractivity contribution in [3.8, 4) is 0 Å². The van der Waals surface area contributed by atoms with Gasteiger partial charge in [0.1, 0.15) is 0 Å². The van der Waals surface area contributed by atoms with Crippen molar-refractivity contribution in [3.63, 3.8) is 0 Å². The first-order valence-corrected chi connectivity index (χ1v) is 3.02. The van der Waals surface area contributed by atoms with E-state index in [4.69, 9.17) is 5.73 Å². The van der Waals surface area contributed by atoms with Crippen molar-refractivity contribution >= 4 is 30.5 Å². The molecule has 0 amide bonds. The van der Waals surface area contributed by atoms with Crippen molar-refractivity contribution in [1.82, 2.24) is 9.78 Å². The quantitative estimate of drug-likeness (QED) is 0.741. The average molecular weight is 198 g/mol. The number of hydrogen-bond acceptors (Lipinski definition) is 2. The molecule has 0 aromatic carbocycles. The summed E-state index contributed by atoms with van der Waals surface area (Å²) in [6.07, 6.45) is 2.73. The Balaban J connectivity index is 0. The van der Waals surface area contributed by atoms with Crippen LogP contribution in [0.1, 0.15) is 12.6 Å². The number of nitrogen functional groups attached to an aromatic ring is 1. The lowest BCUT2D eigenvalue weighted by Gasteiger charge is -1.86. The molecule has 1 aromatic heterocycles. The summed E-state index contributed by atoms with van der Waals surface area (Å²) >= 11 is 0. The molecule has 0 saturated carbocycles. The van der Waals surface area contributed by atoms with Gasteiger partial charge < -0.3 is 5.73 Å². The summed E-state index contributed by atoms with van der Waals surface area (Å²) in [4.78, 5) is 0. The molecule has 5 heteroatoms. The van der Waals surface area contributed by atoms with E-state index in [0.717, 1.165) is 17.8 Å². The van der Waals surface area contributed by atoms with Gasteiger partial charge in [0.2, 0.25) is 0 Å². The van der Waals surface area contributed by atoms with Crippen LogP contribution in [0.2, 0.25) is 0 Å². The Morgan fingerprint density at radius 3 is 2.27 bits per heavy atom. The molecule has 0 aliphatic heterocycles. The van der Waals surface area contributed by atoms with Crippen molar-refractivity contribution in [2.45, 2.75) is 13.3 Å². The van der Waals surface area contributed by atoms with Gasteiger partial charge in [-0.2, -0.15) is 5.10 Å². The van der Waals surface area contributed by atoms with Crippen LogP contribution in [0.4, 0.5) is 5.69 Å². The van der Waals surface area contributed by atoms with E-state index in [0.29, 0.717) is 0 Å². The first-order valence-electron chi connectivity index (χ1n) is 3.02. The second-order valence-electron chi connectivity index (χ2n) is 2.06. The minimum atomic E-state index is 0. The van der Waals surface area contributed by atoms with Crippen LogP contribution in [-0.2, 0) is 13.5 Å². The van der Waals surface area contributed by atoms with Crippen LogP contribution < -0.4 is 5.73 Å². The SMILES string of the molecule is CCc1nn(C)cc1N.Cl.Cl. The largest absolute Gasteiger partial charge is 0.396 e. The molecule has 11 heavy (non-hydrogen) atoms. The molecule has 0 radical (unpaired) electrons. The summed E-state index contributed by atoms with van der Waals surface area (Å²) in [5.41, 5.74) is 7.34. The van der Waals surface area contributed by atoms with E-state index in [-0.39, 0.29) is 24.8 Å². The highest BCUT2D eigenvalue weighted by Crippen LogP contribution is 2.07. The fourth-order valence-electron chi connectivity index (χ4n) is 0.828. The van der Waals surface area contributed by atoms with Gasteiger partial charge in [-0.15, -0.1) is 24.8 Å². The molecule has 66 valence electrons. The molecule has 0 spiro atoms. The maximum Gasteiger partial charge on any atom is 0.0850 e. The van der Waals surface area contributed by atoms with Crippen LogP contribution in [0.25, 0.3) is 0 Å². The average Bonchev–Trinajstić information content (AvgIpc) is 2.10. The summed E-state index contributed by atoms with van der Waals surface area (Å²) < 4.78 is 1.73. The zero-order valence-corrected chi connectivity index (χ0v) is 8.21. The number of nitrogens with zero attached hydrogens (tertiary/aromatic N) is 2. The van der Waals surface area contributed by atoms with Gasteiger partial charge in [-0.1, -0.05) is 6.92 Å². The minimum Gasteiger partial charge on any atom is -0.396 e. The highest BCUT2D eigenvalue weighted by Gasteiger charge is 1.98. The van der Waals surface area contributed by atoms with Gasteiger partial charge in [-0.25, -0.2) is 0 Å². The van der Waals surface area contributed by atoms with Crippen molar-refractivity contribution in [1.29, 1.82) is 0 Å². The van der Waals surface area contributed by atoms with Crippen LogP contribution in [-0.4, -0.2) is 9.78 Å². The standard InChI is InChI=1S/C6H11N3.2ClH/c1-3-6-5(7)4-9(2)8-6;;/h4H,3,7H2,1-2H3;2*1H. The summed E-state index contributed by atoms with van der Waals surface area (Å²) in [6.45, 7) is 2.04. The molecule has 1 heterocycles. The van der Waals surface area contributed by atoms with Gasteiger partial charge in [-0.3, -0.25) is 4.68 Å². The van der Waals surface area contributed by atoms with E-state index < -0.39 is 0 Å². The van der Waals surface area contributed by atoms with Crippen LogP contribution in [0.5, 0.6) is 0 Å². The molecule has 0 fully saturated rings. The summed E-state index contributed by atoms with van der Waals surface area (Å²) in [5, 5.41) is 4.12. The van der Waals surface area contributed by atoms with Gasteiger partial charge in [-0.05, 0) is 6.42 Å². The van der Waals surface area contributed by atoms with Crippen LogP contribution in [0, 0.1) is 0 Å². The number of aromatic nitrogens is 2. The Kier molecular flexibility index (Phi) is 6.32. The van der Waals surface area contributed by atoms with Crippen LogP contribution in [0.15, 0.2) is 6.20 Å². The molecule has 0 saturated heterocycles. The number of rotatable bonds is 1. The van der Waals surface area contributed by atoms with E-state index in [1.807, 2.05) is 20.2 Å². The van der Waals surface area contributed by atoms with E-state index in [1.165, 1.54) is 0 Å².